The number of hydrogen-bond donors (Lipinski definition) is 0. The number of hydrogen-bond acceptors (Lipinski definition) is 7. The van der Waals surface area contributed by atoms with Gasteiger partial charge in [-0.05, 0) is 68.5 Å². The van der Waals surface area contributed by atoms with Gasteiger partial charge in [0.25, 0.3) is 11.8 Å². The van der Waals surface area contributed by atoms with Crippen molar-refractivity contribution in [1.29, 1.82) is 0 Å². The molecule has 8 nitrogen and oxygen atoms in total. The molecular formula is C28H35N2O6P. The maximum atomic E-state index is 13.1. The Morgan fingerprint density at radius 3 is 2.22 bits per heavy atom. The second kappa shape index (κ2) is 11.6. The number of fused-ring (bicyclic) bond motifs is 2. The van der Waals surface area contributed by atoms with Gasteiger partial charge in [0.05, 0.1) is 44.2 Å². The molecule has 0 bridgehead atoms. The predicted molar refractivity (Wildman–Crippen MR) is 144 cm³/mol. The number of benzene rings is 2. The van der Waals surface area contributed by atoms with Gasteiger partial charge < -0.3 is 18.7 Å². The van der Waals surface area contributed by atoms with Crippen molar-refractivity contribution in [3.8, 4) is 5.75 Å². The molecule has 0 N–H and O–H groups in total. The third-order valence-electron chi connectivity index (χ3n) is 6.77. The van der Waals surface area contributed by atoms with Crippen molar-refractivity contribution >= 4 is 25.1 Å². The number of rotatable bonds is 11. The van der Waals surface area contributed by atoms with Gasteiger partial charge in [-0.2, -0.15) is 0 Å². The van der Waals surface area contributed by atoms with Gasteiger partial charge in [0, 0.05) is 17.9 Å². The number of amides is 2. The number of nitrogens with zero attached hydrogens (tertiary/aromatic N) is 2. The number of methoxy groups -OCH3 is 1. The highest BCUT2D eigenvalue weighted by atomic mass is 31.2. The van der Waals surface area contributed by atoms with Crippen molar-refractivity contribution in [2.75, 3.05) is 44.5 Å². The zero-order valence-corrected chi connectivity index (χ0v) is 22.8. The molecule has 0 aliphatic carbocycles. The molecule has 1 atom stereocenters. The minimum absolute atomic E-state index is 0.152. The van der Waals surface area contributed by atoms with Gasteiger partial charge in [-0.15, -0.1) is 0 Å². The van der Waals surface area contributed by atoms with E-state index in [0.717, 1.165) is 29.1 Å². The van der Waals surface area contributed by atoms with Gasteiger partial charge >= 0.3 is 7.60 Å². The van der Waals surface area contributed by atoms with Crippen LogP contribution in [0.2, 0.25) is 0 Å². The molecule has 37 heavy (non-hydrogen) atoms. The van der Waals surface area contributed by atoms with Gasteiger partial charge in [-0.25, -0.2) is 0 Å². The smallest absolute Gasteiger partial charge is 0.330 e. The Morgan fingerprint density at radius 1 is 0.973 bits per heavy atom. The molecule has 0 radical (unpaired) electrons. The number of carbonyl (C=O) groups excluding carboxylic acids is 2. The summed E-state index contributed by atoms with van der Waals surface area (Å²) in [5.74, 6) is 0.397. The summed E-state index contributed by atoms with van der Waals surface area (Å²) >= 11 is 0. The first kappa shape index (κ1) is 27.1. The Morgan fingerprint density at radius 2 is 1.62 bits per heavy atom. The lowest BCUT2D eigenvalue weighted by Gasteiger charge is -2.31. The van der Waals surface area contributed by atoms with Crippen molar-refractivity contribution < 1.29 is 27.9 Å². The van der Waals surface area contributed by atoms with E-state index >= 15 is 0 Å². The quantitative estimate of drug-likeness (QED) is 0.268. The Hall–Kier alpha value is -2.93. The second-order valence-corrected chi connectivity index (χ2v) is 11.4. The number of allylic oxidation sites excluding steroid dienone is 1. The lowest BCUT2D eigenvalue weighted by molar-refractivity contribution is 0.0667. The van der Waals surface area contributed by atoms with Crippen LogP contribution in [0.1, 0.15) is 65.8 Å². The van der Waals surface area contributed by atoms with Crippen molar-refractivity contribution in [3.05, 3.63) is 70.9 Å². The van der Waals surface area contributed by atoms with Crippen LogP contribution in [0.15, 0.2) is 54.2 Å². The lowest BCUT2D eigenvalue weighted by atomic mass is 9.96. The van der Waals surface area contributed by atoms with E-state index in [0.29, 0.717) is 37.3 Å². The summed E-state index contributed by atoms with van der Waals surface area (Å²) in [6.07, 6.45) is 3.65. The van der Waals surface area contributed by atoms with E-state index in [9.17, 15) is 14.2 Å². The summed E-state index contributed by atoms with van der Waals surface area (Å²) in [5.41, 5.74) is 3.82. The first-order chi connectivity index (χ1) is 17.8. The van der Waals surface area contributed by atoms with E-state index in [1.165, 1.54) is 4.90 Å². The lowest BCUT2D eigenvalue weighted by Crippen LogP contribution is -2.37. The molecule has 2 aromatic carbocycles. The summed E-state index contributed by atoms with van der Waals surface area (Å²) in [6, 6.07) is 12.9. The molecule has 4 rings (SSSR count). The SMILES string of the molecule is CCOP(=O)(CCCN1C(CN2C(=O)c3ccccc3C2=O)=CCC(C)c2cc(OC)ccc21)OCC. The Kier molecular flexibility index (Phi) is 8.53. The Bertz CT molecular complexity index is 1200. The van der Waals surface area contributed by atoms with E-state index in [1.54, 1.807) is 45.2 Å². The molecule has 1 unspecified atom stereocenters. The molecule has 2 aliphatic heterocycles. The zero-order valence-electron chi connectivity index (χ0n) is 21.9. The third-order valence-corrected chi connectivity index (χ3v) is 8.94. The number of anilines is 1. The molecule has 0 fully saturated rings. The largest absolute Gasteiger partial charge is 0.497 e. The fourth-order valence-corrected chi connectivity index (χ4v) is 6.59. The van der Waals surface area contributed by atoms with Gasteiger partial charge in [-0.1, -0.05) is 25.1 Å². The van der Waals surface area contributed by atoms with Crippen LogP contribution in [0.4, 0.5) is 5.69 Å². The van der Waals surface area contributed by atoms with E-state index in [-0.39, 0.29) is 30.4 Å². The topological polar surface area (TPSA) is 85.4 Å². The molecule has 9 heteroatoms. The molecule has 0 aromatic heterocycles. The van der Waals surface area contributed by atoms with Crippen LogP contribution in [-0.2, 0) is 13.6 Å². The molecule has 198 valence electrons. The second-order valence-electron chi connectivity index (χ2n) is 9.17. The molecule has 0 saturated carbocycles. The average molecular weight is 527 g/mol. The third kappa shape index (κ3) is 5.66. The number of ether oxygens (including phenoxy) is 1. The Balaban J connectivity index is 1.64. The first-order valence-corrected chi connectivity index (χ1v) is 14.5. The minimum atomic E-state index is -3.20. The molecule has 2 aliphatic rings. The number of carbonyl (C=O) groups is 2. The summed E-state index contributed by atoms with van der Waals surface area (Å²) in [4.78, 5) is 29.7. The summed E-state index contributed by atoms with van der Waals surface area (Å²) in [6.45, 7) is 7.04. The van der Waals surface area contributed by atoms with Crippen LogP contribution in [0.5, 0.6) is 5.75 Å². The van der Waals surface area contributed by atoms with Crippen LogP contribution in [-0.4, -0.2) is 56.3 Å². The maximum absolute atomic E-state index is 13.1. The fourth-order valence-electron chi connectivity index (χ4n) is 4.95. The molecular weight excluding hydrogens is 491 g/mol. The Labute approximate surface area is 218 Å². The molecule has 0 spiro atoms. The van der Waals surface area contributed by atoms with E-state index < -0.39 is 7.60 Å². The van der Waals surface area contributed by atoms with Crippen LogP contribution in [0, 0.1) is 0 Å². The normalized spacial score (nSPS) is 17.4. The van der Waals surface area contributed by atoms with Crippen molar-refractivity contribution in [3.63, 3.8) is 0 Å². The van der Waals surface area contributed by atoms with E-state index in [4.69, 9.17) is 13.8 Å². The van der Waals surface area contributed by atoms with E-state index in [2.05, 4.69) is 17.9 Å². The van der Waals surface area contributed by atoms with Crippen LogP contribution < -0.4 is 9.64 Å². The average Bonchev–Trinajstić information content (AvgIpc) is 3.05. The summed E-state index contributed by atoms with van der Waals surface area (Å²) < 4.78 is 29.5. The maximum Gasteiger partial charge on any atom is 0.330 e. The first-order valence-electron chi connectivity index (χ1n) is 12.8. The highest BCUT2D eigenvalue weighted by Gasteiger charge is 2.37. The van der Waals surface area contributed by atoms with Crippen molar-refractivity contribution in [1.82, 2.24) is 4.90 Å². The predicted octanol–water partition coefficient (Wildman–Crippen LogP) is 5.85. The molecule has 2 amide bonds. The monoisotopic (exact) mass is 526 g/mol. The van der Waals surface area contributed by atoms with Crippen LogP contribution in [0.3, 0.4) is 0 Å². The summed E-state index contributed by atoms with van der Waals surface area (Å²) in [5, 5.41) is 0. The van der Waals surface area contributed by atoms with Gasteiger partial charge in [0.15, 0.2) is 0 Å². The molecule has 0 saturated heterocycles. The van der Waals surface area contributed by atoms with Gasteiger partial charge in [0.1, 0.15) is 5.75 Å². The van der Waals surface area contributed by atoms with E-state index in [1.807, 2.05) is 18.2 Å². The standard InChI is InChI=1S/C28H35N2O6P/c1-5-35-37(33,36-6-2)17-9-16-29-21(13-12-20(3)25-18-22(34-4)14-15-26(25)29)19-30-27(31)23-10-7-8-11-24(23)28(30)32/h7-8,10-11,13-15,18,20H,5-6,9,12,16-17,19H2,1-4H3. The number of imide groups is 1. The molecule has 2 heterocycles. The van der Waals surface area contributed by atoms with Crippen LogP contribution >= 0.6 is 7.60 Å². The fraction of sp³-hybridized carbons (Fsp3) is 0.429. The summed E-state index contributed by atoms with van der Waals surface area (Å²) in [7, 11) is -1.56. The highest BCUT2D eigenvalue weighted by molar-refractivity contribution is 7.53. The van der Waals surface area contributed by atoms with Crippen molar-refractivity contribution in [2.45, 2.75) is 39.5 Å². The minimum Gasteiger partial charge on any atom is -0.497 e. The van der Waals surface area contributed by atoms with Gasteiger partial charge in [-0.3, -0.25) is 19.1 Å². The van der Waals surface area contributed by atoms with Gasteiger partial charge in [0.2, 0.25) is 0 Å². The zero-order chi connectivity index (χ0) is 26.6. The van der Waals surface area contributed by atoms with Crippen molar-refractivity contribution in [2.24, 2.45) is 0 Å². The molecule has 2 aromatic rings. The highest BCUT2D eigenvalue weighted by Crippen LogP contribution is 2.49. The van der Waals surface area contributed by atoms with Crippen LogP contribution in [0.25, 0.3) is 0 Å².